The molecule has 4 amide bonds. The molecule has 0 bridgehead atoms. The third kappa shape index (κ3) is 18.5. The van der Waals surface area contributed by atoms with Crippen LogP contribution in [0.3, 0.4) is 0 Å². The van der Waals surface area contributed by atoms with E-state index >= 15 is 0 Å². The van der Waals surface area contributed by atoms with Gasteiger partial charge in [0.2, 0.25) is 0 Å². The Labute approximate surface area is 448 Å². The maximum Gasteiger partial charge on any atom is 0.329 e. The van der Waals surface area contributed by atoms with Gasteiger partial charge in [-0.15, -0.1) is 0 Å². The Morgan fingerprint density at radius 2 is 0.684 bits per heavy atom. The minimum Gasteiger partial charge on any atom is -0.451 e. The summed E-state index contributed by atoms with van der Waals surface area (Å²) in [6.07, 6.45) is -0.427. The minimum absolute atomic E-state index is 0.0612. The van der Waals surface area contributed by atoms with Crippen LogP contribution in [0.25, 0.3) is 12.2 Å². The van der Waals surface area contributed by atoms with Crippen LogP contribution in [0.4, 0.5) is 0 Å². The first-order valence-corrected chi connectivity index (χ1v) is 25.9. The number of amides is 4. The number of nitriles is 2. The summed E-state index contributed by atoms with van der Waals surface area (Å²) in [6.45, 7) is 17.3. The maximum atomic E-state index is 14.8. The van der Waals surface area contributed by atoms with Gasteiger partial charge in [0.25, 0.3) is 23.6 Å². The second kappa shape index (κ2) is 29.7. The van der Waals surface area contributed by atoms with Crippen molar-refractivity contribution in [1.29, 1.82) is 10.5 Å². The molecule has 0 unspecified atom stereocenters. The van der Waals surface area contributed by atoms with Crippen LogP contribution in [0.15, 0.2) is 60.7 Å². The fourth-order valence-electron chi connectivity index (χ4n) is 8.71. The molecule has 0 spiro atoms. The number of esters is 4. The normalized spacial score (nSPS) is 23.8. The number of carbonyl (C=O) groups excluding carboxylic acids is 8. The van der Waals surface area contributed by atoms with Crippen molar-refractivity contribution in [3.8, 4) is 12.1 Å². The van der Waals surface area contributed by atoms with Crippen molar-refractivity contribution in [2.75, 3.05) is 28.2 Å². The fourth-order valence-corrected chi connectivity index (χ4v) is 8.71. The Morgan fingerprint density at radius 1 is 0.434 bits per heavy atom. The molecule has 1 saturated heterocycles. The Bertz CT molecular complexity index is 2300. The summed E-state index contributed by atoms with van der Waals surface area (Å²) in [5.41, 5.74) is 2.49. The molecular weight excluding hydrogens is 973 g/mol. The van der Waals surface area contributed by atoms with Gasteiger partial charge in [-0.2, -0.15) is 10.5 Å². The summed E-state index contributed by atoms with van der Waals surface area (Å²) in [4.78, 5) is 121. The molecule has 76 heavy (non-hydrogen) atoms. The number of ether oxygens (including phenoxy) is 4. The SMILES string of the molecule is CC(C)C[C@H]1C(=O)O[C@H](Cc2ccc(/C=C/C#N)cc2)C(=O)N(C)[C@@H](CC(C)C)C(=O)O[C@H](C)C(=O)N(C)[C@@H](CC(C)C)C(=O)O[C@H](Cc2ccc(/C=C/C#N)cc2)C(=O)N(C)[C@@H](CC(C)C)C(=O)O[C@H](C)C(=O)N1C. The van der Waals surface area contributed by atoms with Gasteiger partial charge in [0.15, 0.2) is 24.4 Å². The average molecular weight is 1050 g/mol. The number of benzene rings is 2. The molecule has 18 nitrogen and oxygen atoms in total. The number of hydrogen-bond donors (Lipinski definition) is 0. The Balaban J connectivity index is 2.28. The molecule has 0 N–H and O–H groups in total. The largest absolute Gasteiger partial charge is 0.451 e. The van der Waals surface area contributed by atoms with Crippen molar-refractivity contribution in [2.24, 2.45) is 23.7 Å². The third-order valence-corrected chi connectivity index (χ3v) is 13.0. The number of allylic oxidation sites excluding steroid dienone is 2. The smallest absolute Gasteiger partial charge is 0.329 e. The molecular formula is C58H78N6O12. The summed E-state index contributed by atoms with van der Waals surface area (Å²) in [5, 5.41) is 18.1. The van der Waals surface area contributed by atoms with Crippen molar-refractivity contribution in [2.45, 2.75) is 156 Å². The zero-order valence-electron chi connectivity index (χ0n) is 46.7. The van der Waals surface area contributed by atoms with E-state index < -0.39 is 96.1 Å². The van der Waals surface area contributed by atoms with Gasteiger partial charge in [-0.3, -0.25) is 19.2 Å². The van der Waals surface area contributed by atoms with E-state index in [0.29, 0.717) is 22.3 Å². The van der Waals surface area contributed by atoms with Gasteiger partial charge in [-0.05, 0) is 97.6 Å². The standard InChI is InChI=1S/C58H78N6O12/c1-35(2)29-45-55(69)73-39(9)51(65)61(11)48(32-38(7)8)58(72)76-50(34-44-25-21-42(22-26-44)18-16-28-60)54(68)64(14)46(30-36(3)4)56(70)74-40(10)52(66)62(12)47(31-37(5)6)57(71)75-49(53(67)63(45)13)33-43-23-19-41(20-24-43)17-15-27-59/h15-26,35-40,45-50H,29-34H2,1-14H3/b17-15+,18-16+/t39-,40-,45+,46+,47+,48+,49-,50-/m1/s1. The molecule has 1 heterocycles. The van der Waals surface area contributed by atoms with Gasteiger partial charge < -0.3 is 38.5 Å². The molecule has 8 atom stereocenters. The van der Waals surface area contributed by atoms with Crippen LogP contribution in [0.2, 0.25) is 0 Å². The molecule has 2 aromatic rings. The van der Waals surface area contributed by atoms with E-state index in [1.165, 1.54) is 54.2 Å². The first-order valence-electron chi connectivity index (χ1n) is 25.9. The van der Waals surface area contributed by atoms with Crippen LogP contribution < -0.4 is 0 Å². The Hall–Kier alpha value is -7.34. The second-order valence-corrected chi connectivity index (χ2v) is 21.2. The van der Waals surface area contributed by atoms with E-state index in [-0.39, 0.29) is 62.2 Å². The lowest BCUT2D eigenvalue weighted by atomic mass is 9.99. The summed E-state index contributed by atoms with van der Waals surface area (Å²) in [5.74, 6) is -7.73. The number of hydrogen-bond acceptors (Lipinski definition) is 14. The van der Waals surface area contributed by atoms with Crippen LogP contribution in [0, 0.1) is 46.3 Å². The van der Waals surface area contributed by atoms with Crippen LogP contribution in [0.5, 0.6) is 0 Å². The highest BCUT2D eigenvalue weighted by Gasteiger charge is 2.43. The number of nitrogens with zero attached hydrogens (tertiary/aromatic N) is 6. The highest BCUT2D eigenvalue weighted by atomic mass is 16.6. The van der Waals surface area contributed by atoms with E-state index in [0.717, 1.165) is 19.6 Å². The second-order valence-electron chi connectivity index (χ2n) is 21.2. The number of rotatable bonds is 14. The highest BCUT2D eigenvalue weighted by molar-refractivity contribution is 5.94. The van der Waals surface area contributed by atoms with Gasteiger partial charge in [0, 0.05) is 53.2 Å². The van der Waals surface area contributed by atoms with Gasteiger partial charge in [0.1, 0.15) is 24.2 Å². The molecule has 412 valence electrons. The number of carbonyl (C=O) groups is 8. The molecule has 1 aliphatic heterocycles. The zero-order valence-corrected chi connectivity index (χ0v) is 46.7. The molecule has 1 fully saturated rings. The molecule has 18 heteroatoms. The summed E-state index contributed by atoms with van der Waals surface area (Å²) in [7, 11) is 5.44. The van der Waals surface area contributed by atoms with Crippen molar-refractivity contribution >= 4 is 59.7 Å². The lowest BCUT2D eigenvalue weighted by Gasteiger charge is -2.35. The maximum absolute atomic E-state index is 14.8. The van der Waals surface area contributed by atoms with E-state index in [2.05, 4.69) is 0 Å². The predicted octanol–water partition coefficient (Wildman–Crippen LogP) is 6.74. The first-order chi connectivity index (χ1) is 35.7. The molecule has 0 saturated carbocycles. The van der Waals surface area contributed by atoms with Crippen molar-refractivity contribution in [1.82, 2.24) is 19.6 Å². The number of likely N-dealkylation sites (N-methyl/N-ethyl adjacent to an activating group) is 4. The third-order valence-electron chi connectivity index (χ3n) is 13.0. The van der Waals surface area contributed by atoms with E-state index in [4.69, 9.17) is 29.5 Å². The highest BCUT2D eigenvalue weighted by Crippen LogP contribution is 2.25. The molecule has 0 radical (unpaired) electrons. The molecule has 1 aliphatic rings. The van der Waals surface area contributed by atoms with Crippen LogP contribution >= 0.6 is 0 Å². The van der Waals surface area contributed by atoms with Gasteiger partial charge in [-0.25, -0.2) is 19.2 Å². The molecule has 0 aromatic heterocycles. The lowest BCUT2D eigenvalue weighted by molar-refractivity contribution is -0.176. The summed E-state index contributed by atoms with van der Waals surface area (Å²) >= 11 is 0. The molecule has 2 aromatic carbocycles. The molecule has 0 aliphatic carbocycles. The van der Waals surface area contributed by atoms with Crippen molar-refractivity contribution in [3.63, 3.8) is 0 Å². The van der Waals surface area contributed by atoms with Crippen LogP contribution in [0.1, 0.15) is 117 Å². The lowest BCUT2D eigenvalue weighted by Crippen LogP contribution is -2.55. The average Bonchev–Trinajstić information content (AvgIpc) is 3.36. The Morgan fingerprint density at radius 3 is 0.934 bits per heavy atom. The predicted molar refractivity (Wildman–Crippen MR) is 285 cm³/mol. The number of cyclic esters (lactones) is 4. The zero-order chi connectivity index (χ0) is 57.1. The monoisotopic (exact) mass is 1050 g/mol. The van der Waals surface area contributed by atoms with Gasteiger partial charge in [0.05, 0.1) is 12.1 Å². The fraction of sp³-hybridized carbons (Fsp3) is 0.552. The van der Waals surface area contributed by atoms with Crippen LogP contribution in [-0.2, 0) is 70.1 Å². The summed E-state index contributed by atoms with van der Waals surface area (Å²) < 4.78 is 23.9. The van der Waals surface area contributed by atoms with E-state index in [1.807, 2.05) is 67.5 Å². The minimum atomic E-state index is -1.56. The Kier molecular flexibility index (Phi) is 24.6. The van der Waals surface area contributed by atoms with Gasteiger partial charge >= 0.3 is 23.9 Å². The molecule has 3 rings (SSSR count). The van der Waals surface area contributed by atoms with E-state index in [1.54, 1.807) is 60.7 Å². The topological polar surface area (TPSA) is 234 Å². The van der Waals surface area contributed by atoms with Gasteiger partial charge in [-0.1, -0.05) is 104 Å². The first kappa shape index (κ1) is 63.0. The quantitative estimate of drug-likeness (QED) is 0.108. The van der Waals surface area contributed by atoms with Crippen molar-refractivity contribution < 1.29 is 57.3 Å². The van der Waals surface area contributed by atoms with E-state index in [9.17, 15) is 38.4 Å². The van der Waals surface area contributed by atoms with Crippen molar-refractivity contribution in [3.05, 3.63) is 82.9 Å². The summed E-state index contributed by atoms with van der Waals surface area (Å²) in [6, 6.07) is 12.3. The van der Waals surface area contributed by atoms with Crippen LogP contribution in [-0.4, -0.2) is 144 Å².